The zero-order chi connectivity index (χ0) is 14.3. The number of anilines is 2. The summed E-state index contributed by atoms with van der Waals surface area (Å²) in [7, 11) is 4.14. The second-order valence-corrected chi connectivity index (χ2v) is 6.83. The van der Waals surface area contributed by atoms with Gasteiger partial charge in [0.15, 0.2) is 0 Å². The molecule has 3 unspecified atom stereocenters. The van der Waals surface area contributed by atoms with E-state index in [1.165, 1.54) is 18.5 Å². The van der Waals surface area contributed by atoms with Gasteiger partial charge in [0.1, 0.15) is 0 Å². The Bertz CT molecular complexity index is 486. The largest absolute Gasteiger partial charge is 0.378 e. The van der Waals surface area contributed by atoms with E-state index in [0.29, 0.717) is 18.1 Å². The maximum Gasteiger partial charge on any atom is 0.0766 e. The Morgan fingerprint density at radius 3 is 2.95 bits per heavy atom. The van der Waals surface area contributed by atoms with Crippen LogP contribution < -0.4 is 10.2 Å². The summed E-state index contributed by atoms with van der Waals surface area (Å²) in [6.45, 7) is 5.54. The van der Waals surface area contributed by atoms with Gasteiger partial charge >= 0.3 is 0 Å². The molecule has 2 aliphatic rings. The summed E-state index contributed by atoms with van der Waals surface area (Å²) in [4.78, 5) is 6.40. The highest BCUT2D eigenvalue weighted by molar-refractivity contribution is 5.68. The molecule has 1 N–H and O–H groups in total. The highest BCUT2D eigenvalue weighted by Crippen LogP contribution is 2.52. The van der Waals surface area contributed by atoms with Crippen LogP contribution in [0.15, 0.2) is 18.5 Å². The molecule has 3 rings (SSSR count). The molecule has 110 valence electrons. The van der Waals surface area contributed by atoms with Crippen LogP contribution in [0.5, 0.6) is 0 Å². The van der Waals surface area contributed by atoms with Crippen LogP contribution in [-0.4, -0.2) is 37.8 Å². The van der Waals surface area contributed by atoms with Crippen molar-refractivity contribution in [2.45, 2.75) is 38.8 Å². The van der Waals surface area contributed by atoms with Crippen molar-refractivity contribution in [1.29, 1.82) is 0 Å². The lowest BCUT2D eigenvalue weighted by atomic mass is 9.55. The molecular formula is C16H25N3O. The first kappa shape index (κ1) is 13.7. The van der Waals surface area contributed by atoms with E-state index >= 15 is 0 Å². The molecule has 4 heteroatoms. The van der Waals surface area contributed by atoms with Gasteiger partial charge in [0.05, 0.1) is 23.7 Å². The zero-order valence-corrected chi connectivity index (χ0v) is 12.9. The second-order valence-electron chi connectivity index (χ2n) is 6.83. The van der Waals surface area contributed by atoms with E-state index in [2.05, 4.69) is 49.2 Å². The van der Waals surface area contributed by atoms with Gasteiger partial charge in [0.25, 0.3) is 0 Å². The topological polar surface area (TPSA) is 37.4 Å². The van der Waals surface area contributed by atoms with E-state index in [9.17, 15) is 0 Å². The highest BCUT2D eigenvalue weighted by atomic mass is 16.5. The van der Waals surface area contributed by atoms with Crippen LogP contribution in [0.4, 0.5) is 11.4 Å². The fraction of sp³-hybridized carbons (Fsp3) is 0.688. The van der Waals surface area contributed by atoms with Crippen LogP contribution in [-0.2, 0) is 4.74 Å². The minimum Gasteiger partial charge on any atom is -0.378 e. The van der Waals surface area contributed by atoms with Crippen LogP contribution in [0.25, 0.3) is 0 Å². The summed E-state index contributed by atoms with van der Waals surface area (Å²) < 4.78 is 5.97. The van der Waals surface area contributed by atoms with Crippen LogP contribution in [0.1, 0.15) is 26.7 Å². The van der Waals surface area contributed by atoms with Gasteiger partial charge in [0, 0.05) is 44.3 Å². The van der Waals surface area contributed by atoms with E-state index in [1.54, 1.807) is 0 Å². The number of nitrogens with one attached hydrogen (secondary N) is 1. The van der Waals surface area contributed by atoms with E-state index < -0.39 is 0 Å². The van der Waals surface area contributed by atoms with Crippen molar-refractivity contribution in [1.82, 2.24) is 4.98 Å². The molecular weight excluding hydrogens is 250 g/mol. The maximum atomic E-state index is 5.97. The van der Waals surface area contributed by atoms with Crippen molar-refractivity contribution in [3.05, 3.63) is 18.5 Å². The molecule has 2 fully saturated rings. The average Bonchev–Trinajstić information content (AvgIpc) is 2.45. The first-order valence-electron chi connectivity index (χ1n) is 7.51. The van der Waals surface area contributed by atoms with E-state index in [-0.39, 0.29) is 5.41 Å². The standard InChI is InChI=1S/C16H25N3O/c1-16(2)14(11-6-5-9-20-15(11)16)18-12-10-17-8-7-13(12)19(3)4/h7-8,10-11,14-15,18H,5-6,9H2,1-4H3. The predicted molar refractivity (Wildman–Crippen MR) is 82.2 cm³/mol. The molecule has 1 aliphatic carbocycles. The zero-order valence-electron chi connectivity index (χ0n) is 12.9. The molecule has 2 heterocycles. The minimum atomic E-state index is 0.185. The summed E-state index contributed by atoms with van der Waals surface area (Å²) in [5, 5.41) is 3.73. The second kappa shape index (κ2) is 4.92. The van der Waals surface area contributed by atoms with Crippen LogP contribution >= 0.6 is 0 Å². The summed E-state index contributed by atoms with van der Waals surface area (Å²) in [5.41, 5.74) is 2.50. The summed E-state index contributed by atoms with van der Waals surface area (Å²) in [6, 6.07) is 2.53. The molecule has 1 aromatic rings. The first-order valence-corrected chi connectivity index (χ1v) is 7.51. The molecule has 1 saturated heterocycles. The van der Waals surface area contributed by atoms with E-state index in [4.69, 9.17) is 4.74 Å². The molecule has 0 aromatic carbocycles. The first-order chi connectivity index (χ1) is 9.51. The molecule has 0 spiro atoms. The average molecular weight is 275 g/mol. The lowest BCUT2D eigenvalue weighted by Gasteiger charge is -2.60. The normalized spacial score (nSPS) is 31.1. The fourth-order valence-corrected chi connectivity index (χ4v) is 3.87. The van der Waals surface area contributed by atoms with Gasteiger partial charge in [-0.25, -0.2) is 0 Å². The molecule has 3 atom stereocenters. The van der Waals surface area contributed by atoms with Crippen molar-refractivity contribution in [2.75, 3.05) is 30.9 Å². The van der Waals surface area contributed by atoms with Crippen molar-refractivity contribution in [3.8, 4) is 0 Å². The third kappa shape index (κ3) is 2.06. The molecule has 1 aromatic heterocycles. The van der Waals surface area contributed by atoms with Gasteiger partial charge in [-0.15, -0.1) is 0 Å². The number of nitrogens with zero attached hydrogens (tertiary/aromatic N) is 2. The number of ether oxygens (including phenoxy) is 1. The Hall–Kier alpha value is -1.29. The number of fused-ring (bicyclic) bond motifs is 1. The lowest BCUT2D eigenvalue weighted by molar-refractivity contribution is -0.177. The van der Waals surface area contributed by atoms with Gasteiger partial charge in [-0.3, -0.25) is 4.98 Å². The van der Waals surface area contributed by atoms with Crippen LogP contribution in [0, 0.1) is 11.3 Å². The van der Waals surface area contributed by atoms with Crippen molar-refractivity contribution in [2.24, 2.45) is 11.3 Å². The maximum absolute atomic E-state index is 5.97. The molecule has 0 radical (unpaired) electrons. The Morgan fingerprint density at radius 1 is 1.40 bits per heavy atom. The van der Waals surface area contributed by atoms with Crippen LogP contribution in [0.3, 0.4) is 0 Å². The van der Waals surface area contributed by atoms with Crippen molar-refractivity contribution in [3.63, 3.8) is 0 Å². The fourth-order valence-electron chi connectivity index (χ4n) is 3.87. The Labute approximate surface area is 121 Å². The van der Waals surface area contributed by atoms with Crippen molar-refractivity contribution >= 4 is 11.4 Å². The number of aromatic nitrogens is 1. The monoisotopic (exact) mass is 275 g/mol. The van der Waals surface area contributed by atoms with Gasteiger partial charge in [-0.2, -0.15) is 0 Å². The lowest BCUT2D eigenvalue weighted by Crippen LogP contribution is -2.67. The molecule has 0 bridgehead atoms. The Kier molecular flexibility index (Phi) is 3.36. The van der Waals surface area contributed by atoms with Gasteiger partial charge in [-0.05, 0) is 18.9 Å². The van der Waals surface area contributed by atoms with E-state index in [1.807, 2.05) is 12.4 Å². The number of pyridine rings is 1. The molecule has 4 nitrogen and oxygen atoms in total. The summed E-state index contributed by atoms with van der Waals surface area (Å²) >= 11 is 0. The molecule has 20 heavy (non-hydrogen) atoms. The molecule has 0 amide bonds. The Morgan fingerprint density at radius 2 is 2.20 bits per heavy atom. The third-order valence-electron chi connectivity index (χ3n) is 4.92. The summed E-state index contributed by atoms with van der Waals surface area (Å²) in [6.07, 6.45) is 6.64. The number of hydrogen-bond acceptors (Lipinski definition) is 4. The molecule has 1 aliphatic heterocycles. The smallest absolute Gasteiger partial charge is 0.0766 e. The quantitative estimate of drug-likeness (QED) is 0.920. The predicted octanol–water partition coefficient (Wildman–Crippen LogP) is 2.76. The minimum absolute atomic E-state index is 0.185. The highest BCUT2D eigenvalue weighted by Gasteiger charge is 2.58. The molecule has 1 saturated carbocycles. The number of hydrogen-bond donors (Lipinski definition) is 1. The van der Waals surface area contributed by atoms with Crippen molar-refractivity contribution < 1.29 is 4.74 Å². The summed E-state index contributed by atoms with van der Waals surface area (Å²) in [5.74, 6) is 0.633. The SMILES string of the molecule is CN(C)c1ccncc1NC1C2CCCOC2C1(C)C. The van der Waals surface area contributed by atoms with E-state index in [0.717, 1.165) is 12.3 Å². The third-order valence-corrected chi connectivity index (χ3v) is 4.92. The van der Waals surface area contributed by atoms with Gasteiger partial charge in [0.2, 0.25) is 0 Å². The number of rotatable bonds is 3. The Balaban J connectivity index is 1.81. The van der Waals surface area contributed by atoms with Gasteiger partial charge < -0.3 is 15.0 Å². The van der Waals surface area contributed by atoms with Crippen LogP contribution in [0.2, 0.25) is 0 Å². The van der Waals surface area contributed by atoms with Gasteiger partial charge in [-0.1, -0.05) is 13.8 Å².